The molecule has 2 aliphatic rings. The molecular weight excluding hydrogens is 347 g/mol. The van der Waals surface area contributed by atoms with Crippen LogP contribution < -0.4 is 10.6 Å². The summed E-state index contributed by atoms with van der Waals surface area (Å²) >= 11 is 0. The topological polar surface area (TPSA) is 59.6 Å². The average Bonchev–Trinajstić information content (AvgIpc) is 3.26. The largest absolute Gasteiger partial charge is 0.373 e. The fourth-order valence-electron chi connectivity index (χ4n) is 3.49. The van der Waals surface area contributed by atoms with Gasteiger partial charge >= 0.3 is 6.03 Å². The van der Waals surface area contributed by atoms with Crippen LogP contribution in [0.25, 0.3) is 6.08 Å². The molecule has 4 rings (SSSR count). The van der Waals surface area contributed by atoms with E-state index in [2.05, 4.69) is 22.8 Å². The Labute approximate surface area is 157 Å². The number of fused-ring (bicyclic) bond motifs is 1. The van der Waals surface area contributed by atoms with Crippen molar-refractivity contribution in [1.82, 2.24) is 5.32 Å². The van der Waals surface area contributed by atoms with Gasteiger partial charge in [0.15, 0.2) is 0 Å². The summed E-state index contributed by atoms with van der Waals surface area (Å²) in [4.78, 5) is 12.2. The summed E-state index contributed by atoms with van der Waals surface area (Å²) in [6.45, 7) is 0.971. The fraction of sp³-hybridized carbons (Fsp3) is 0.286. The SMILES string of the molecule is O=C(Nc1ccc(F)cc1)N[C@H]1COC2[C@H](/C=C\c3ccccc3)CO[C@@H]21. The third-order valence-electron chi connectivity index (χ3n) is 4.85. The van der Waals surface area contributed by atoms with E-state index in [9.17, 15) is 9.18 Å². The van der Waals surface area contributed by atoms with Crippen LogP contribution in [-0.2, 0) is 9.47 Å². The van der Waals surface area contributed by atoms with Crippen molar-refractivity contribution < 1.29 is 18.7 Å². The Balaban J connectivity index is 1.32. The van der Waals surface area contributed by atoms with E-state index in [1.54, 1.807) is 0 Å². The standard InChI is InChI=1S/C21H21FN2O3/c22-16-8-10-17(11-9-16)23-21(25)24-18-13-27-19-15(12-26-20(18)19)7-6-14-4-2-1-3-5-14/h1-11,15,18-20H,12-13H2,(H2,23,24,25)/b7-6-/t15-,18+,19?,20-/m1/s1. The minimum Gasteiger partial charge on any atom is -0.373 e. The predicted octanol–water partition coefficient (Wildman–Crippen LogP) is 3.44. The van der Waals surface area contributed by atoms with Crippen LogP contribution in [0.5, 0.6) is 0 Å². The van der Waals surface area contributed by atoms with Crippen LogP contribution in [-0.4, -0.2) is 37.5 Å². The number of amides is 2. The molecule has 4 atom stereocenters. The Morgan fingerprint density at radius 1 is 1.00 bits per heavy atom. The number of rotatable bonds is 4. The molecule has 2 amide bonds. The fourth-order valence-corrected chi connectivity index (χ4v) is 3.49. The van der Waals surface area contributed by atoms with Gasteiger partial charge in [-0.3, -0.25) is 0 Å². The Bertz CT molecular complexity index is 810. The highest BCUT2D eigenvalue weighted by Crippen LogP contribution is 2.32. The molecule has 0 bridgehead atoms. The molecule has 2 fully saturated rings. The van der Waals surface area contributed by atoms with Crippen molar-refractivity contribution in [3.05, 3.63) is 72.1 Å². The molecule has 27 heavy (non-hydrogen) atoms. The second-order valence-electron chi connectivity index (χ2n) is 6.74. The van der Waals surface area contributed by atoms with Gasteiger partial charge in [-0.1, -0.05) is 42.5 Å². The zero-order valence-corrected chi connectivity index (χ0v) is 14.7. The van der Waals surface area contributed by atoms with Crippen molar-refractivity contribution in [3.63, 3.8) is 0 Å². The second-order valence-corrected chi connectivity index (χ2v) is 6.74. The quantitative estimate of drug-likeness (QED) is 0.869. The van der Waals surface area contributed by atoms with Crippen molar-refractivity contribution in [2.75, 3.05) is 18.5 Å². The van der Waals surface area contributed by atoms with Gasteiger partial charge in [0.2, 0.25) is 0 Å². The molecule has 140 valence electrons. The van der Waals surface area contributed by atoms with Gasteiger partial charge in [-0.05, 0) is 29.8 Å². The maximum atomic E-state index is 12.9. The Morgan fingerprint density at radius 2 is 1.74 bits per heavy atom. The molecular formula is C21H21FN2O3. The van der Waals surface area contributed by atoms with E-state index in [1.165, 1.54) is 24.3 Å². The molecule has 2 aliphatic heterocycles. The number of anilines is 1. The molecule has 2 aromatic carbocycles. The normalized spacial score (nSPS) is 26.9. The summed E-state index contributed by atoms with van der Waals surface area (Å²) in [5.41, 5.74) is 1.66. The summed E-state index contributed by atoms with van der Waals surface area (Å²) in [6.07, 6.45) is 3.94. The van der Waals surface area contributed by atoms with Gasteiger partial charge in [-0.15, -0.1) is 0 Å². The molecule has 2 aromatic rings. The van der Waals surface area contributed by atoms with Crippen LogP contribution in [0.4, 0.5) is 14.9 Å². The summed E-state index contributed by atoms with van der Waals surface area (Å²) in [6, 6.07) is 15.1. The average molecular weight is 368 g/mol. The first-order valence-corrected chi connectivity index (χ1v) is 8.98. The minimum absolute atomic E-state index is 0.0684. The number of nitrogens with one attached hydrogen (secondary N) is 2. The number of carbonyl (C=O) groups excluding carboxylic acids is 1. The summed E-state index contributed by atoms with van der Waals surface area (Å²) in [5, 5.41) is 5.58. The van der Waals surface area contributed by atoms with Crippen LogP contribution in [0.2, 0.25) is 0 Å². The van der Waals surface area contributed by atoms with Gasteiger partial charge in [-0.2, -0.15) is 0 Å². The predicted molar refractivity (Wildman–Crippen MR) is 101 cm³/mol. The lowest BCUT2D eigenvalue weighted by atomic mass is 9.99. The van der Waals surface area contributed by atoms with Crippen molar-refractivity contribution in [2.24, 2.45) is 5.92 Å². The maximum Gasteiger partial charge on any atom is 0.319 e. The molecule has 0 spiro atoms. The van der Waals surface area contributed by atoms with Crippen molar-refractivity contribution >= 4 is 17.8 Å². The maximum absolute atomic E-state index is 12.9. The van der Waals surface area contributed by atoms with Gasteiger partial charge in [0.25, 0.3) is 0 Å². The van der Waals surface area contributed by atoms with Crippen LogP contribution in [0.15, 0.2) is 60.7 Å². The van der Waals surface area contributed by atoms with Crippen LogP contribution in [0.1, 0.15) is 5.56 Å². The molecule has 0 radical (unpaired) electrons. The van der Waals surface area contributed by atoms with Gasteiger partial charge in [-0.25, -0.2) is 9.18 Å². The van der Waals surface area contributed by atoms with Gasteiger partial charge in [0, 0.05) is 11.6 Å². The Morgan fingerprint density at radius 3 is 2.52 bits per heavy atom. The number of benzene rings is 2. The van der Waals surface area contributed by atoms with E-state index in [-0.39, 0.29) is 36.0 Å². The first-order valence-electron chi connectivity index (χ1n) is 8.98. The van der Waals surface area contributed by atoms with E-state index in [0.29, 0.717) is 18.9 Å². The third kappa shape index (κ3) is 4.18. The zero-order valence-electron chi connectivity index (χ0n) is 14.7. The van der Waals surface area contributed by atoms with Crippen LogP contribution in [0, 0.1) is 11.7 Å². The number of ether oxygens (including phenoxy) is 2. The Hall–Kier alpha value is -2.70. The van der Waals surface area contributed by atoms with Crippen LogP contribution >= 0.6 is 0 Å². The van der Waals surface area contributed by atoms with Crippen molar-refractivity contribution in [3.8, 4) is 0 Å². The number of carbonyl (C=O) groups is 1. The molecule has 2 saturated heterocycles. The molecule has 0 aromatic heterocycles. The first kappa shape index (κ1) is 17.7. The van der Waals surface area contributed by atoms with E-state index in [4.69, 9.17) is 9.47 Å². The summed E-state index contributed by atoms with van der Waals surface area (Å²) < 4.78 is 24.7. The minimum atomic E-state index is -0.359. The van der Waals surface area contributed by atoms with E-state index in [1.807, 2.05) is 30.3 Å². The summed E-state index contributed by atoms with van der Waals surface area (Å²) in [5.74, 6) is -0.191. The lowest BCUT2D eigenvalue weighted by Gasteiger charge is -2.18. The monoisotopic (exact) mass is 368 g/mol. The van der Waals surface area contributed by atoms with Gasteiger partial charge in [0.05, 0.1) is 25.4 Å². The van der Waals surface area contributed by atoms with Crippen molar-refractivity contribution in [1.29, 1.82) is 0 Å². The number of hydrogen-bond acceptors (Lipinski definition) is 3. The first-order chi connectivity index (χ1) is 13.2. The highest BCUT2D eigenvalue weighted by Gasteiger charge is 2.47. The van der Waals surface area contributed by atoms with Crippen LogP contribution in [0.3, 0.4) is 0 Å². The molecule has 0 aliphatic carbocycles. The van der Waals surface area contributed by atoms with Gasteiger partial charge in [0.1, 0.15) is 11.9 Å². The number of halogens is 1. The lowest BCUT2D eigenvalue weighted by molar-refractivity contribution is 0.0662. The molecule has 5 nitrogen and oxygen atoms in total. The number of urea groups is 1. The van der Waals surface area contributed by atoms with Gasteiger partial charge < -0.3 is 20.1 Å². The highest BCUT2D eigenvalue weighted by atomic mass is 19.1. The highest BCUT2D eigenvalue weighted by molar-refractivity contribution is 5.89. The molecule has 6 heteroatoms. The zero-order chi connectivity index (χ0) is 18.6. The second kappa shape index (κ2) is 7.90. The smallest absolute Gasteiger partial charge is 0.319 e. The number of hydrogen-bond donors (Lipinski definition) is 2. The van der Waals surface area contributed by atoms with E-state index >= 15 is 0 Å². The van der Waals surface area contributed by atoms with E-state index < -0.39 is 0 Å². The molecule has 1 unspecified atom stereocenters. The van der Waals surface area contributed by atoms with Crippen molar-refractivity contribution in [2.45, 2.75) is 18.2 Å². The molecule has 0 saturated carbocycles. The third-order valence-corrected chi connectivity index (χ3v) is 4.85. The Kier molecular flexibility index (Phi) is 5.18. The van der Waals surface area contributed by atoms with E-state index in [0.717, 1.165) is 5.56 Å². The lowest BCUT2D eigenvalue weighted by Crippen LogP contribution is -2.45. The molecule has 2 heterocycles. The molecule has 2 N–H and O–H groups in total. The summed E-state index contributed by atoms with van der Waals surface area (Å²) in [7, 11) is 0.